The normalized spacial score (nSPS) is 20.2. The molecule has 31 heavy (non-hydrogen) atoms. The van der Waals surface area contributed by atoms with Crippen LogP contribution in [0.3, 0.4) is 0 Å². The molecule has 0 spiro atoms. The summed E-state index contributed by atoms with van der Waals surface area (Å²) < 4.78 is 32.6. The zero-order chi connectivity index (χ0) is 22.0. The van der Waals surface area contributed by atoms with Gasteiger partial charge in [-0.15, -0.1) is 0 Å². The topological polar surface area (TPSA) is 92.7 Å². The first-order valence-corrected chi connectivity index (χ1v) is 12.2. The SMILES string of the molecule is Cc1ccc(CS(=O)(=O)N2CC[C@H](c3ncc(C(=O)N4CCOCC4)c(C)n3)C2)cc1. The summed E-state index contributed by atoms with van der Waals surface area (Å²) in [7, 11) is -3.41. The van der Waals surface area contributed by atoms with Crippen LogP contribution in [0.2, 0.25) is 0 Å². The number of hydrogen-bond donors (Lipinski definition) is 0. The van der Waals surface area contributed by atoms with E-state index in [1.165, 1.54) is 4.31 Å². The summed E-state index contributed by atoms with van der Waals surface area (Å²) in [4.78, 5) is 23.5. The lowest BCUT2D eigenvalue weighted by atomic mass is 10.1. The highest BCUT2D eigenvalue weighted by Crippen LogP contribution is 2.28. The molecule has 1 aromatic heterocycles. The van der Waals surface area contributed by atoms with E-state index in [9.17, 15) is 13.2 Å². The van der Waals surface area contributed by atoms with E-state index < -0.39 is 10.0 Å². The zero-order valence-corrected chi connectivity index (χ0v) is 18.8. The van der Waals surface area contributed by atoms with E-state index in [-0.39, 0.29) is 17.6 Å². The van der Waals surface area contributed by atoms with Gasteiger partial charge < -0.3 is 9.64 Å². The molecule has 4 rings (SSSR count). The molecule has 2 aliphatic heterocycles. The molecule has 1 aromatic carbocycles. The molecule has 1 atom stereocenters. The summed E-state index contributed by atoms with van der Waals surface area (Å²) in [6, 6.07) is 7.57. The summed E-state index contributed by atoms with van der Waals surface area (Å²) in [5, 5.41) is 0. The summed E-state index contributed by atoms with van der Waals surface area (Å²) >= 11 is 0. The monoisotopic (exact) mass is 444 g/mol. The van der Waals surface area contributed by atoms with Gasteiger partial charge in [-0.25, -0.2) is 22.7 Å². The van der Waals surface area contributed by atoms with Gasteiger partial charge in [-0.1, -0.05) is 29.8 Å². The molecule has 0 bridgehead atoms. The zero-order valence-electron chi connectivity index (χ0n) is 18.0. The highest BCUT2D eigenvalue weighted by molar-refractivity contribution is 7.88. The number of nitrogens with zero attached hydrogens (tertiary/aromatic N) is 4. The third kappa shape index (κ3) is 4.94. The molecule has 0 aliphatic carbocycles. The van der Waals surface area contributed by atoms with Crippen molar-refractivity contribution >= 4 is 15.9 Å². The van der Waals surface area contributed by atoms with Gasteiger partial charge >= 0.3 is 0 Å². The van der Waals surface area contributed by atoms with E-state index in [1.54, 1.807) is 18.0 Å². The van der Waals surface area contributed by atoms with Crippen LogP contribution in [0.15, 0.2) is 30.5 Å². The van der Waals surface area contributed by atoms with Crippen molar-refractivity contribution in [1.82, 2.24) is 19.2 Å². The number of amides is 1. The van der Waals surface area contributed by atoms with E-state index in [4.69, 9.17) is 4.74 Å². The summed E-state index contributed by atoms with van der Waals surface area (Å²) in [6.07, 6.45) is 2.25. The van der Waals surface area contributed by atoms with Gasteiger partial charge in [-0.05, 0) is 25.8 Å². The van der Waals surface area contributed by atoms with Crippen molar-refractivity contribution in [3.8, 4) is 0 Å². The largest absolute Gasteiger partial charge is 0.378 e. The molecular weight excluding hydrogens is 416 g/mol. The van der Waals surface area contributed by atoms with Crippen molar-refractivity contribution in [2.45, 2.75) is 31.9 Å². The number of carbonyl (C=O) groups excluding carboxylic acids is 1. The Morgan fingerprint density at radius 1 is 1.13 bits per heavy atom. The molecule has 2 fully saturated rings. The number of morpholine rings is 1. The average Bonchev–Trinajstić information content (AvgIpc) is 3.27. The lowest BCUT2D eigenvalue weighted by Crippen LogP contribution is -2.41. The molecule has 0 N–H and O–H groups in total. The van der Waals surface area contributed by atoms with Crippen LogP contribution >= 0.6 is 0 Å². The van der Waals surface area contributed by atoms with Crippen molar-refractivity contribution in [2.75, 3.05) is 39.4 Å². The maximum absolute atomic E-state index is 12.9. The first-order valence-electron chi connectivity index (χ1n) is 10.6. The summed E-state index contributed by atoms with van der Waals surface area (Å²) in [6.45, 7) is 6.81. The van der Waals surface area contributed by atoms with Gasteiger partial charge in [0.05, 0.1) is 30.2 Å². The van der Waals surface area contributed by atoms with Crippen molar-refractivity contribution < 1.29 is 17.9 Å². The predicted octanol–water partition coefficient (Wildman–Crippen LogP) is 1.89. The number of sulfonamides is 1. The standard InChI is InChI=1S/C22H28N4O4S/c1-16-3-5-18(6-4-16)15-31(28,29)26-8-7-19(14-26)21-23-13-20(17(2)24-21)22(27)25-9-11-30-12-10-25/h3-6,13,19H,7-12,14-15H2,1-2H3/t19-/m0/s1. The second-order valence-corrected chi connectivity index (χ2v) is 10.2. The van der Waals surface area contributed by atoms with E-state index in [0.717, 1.165) is 11.1 Å². The highest BCUT2D eigenvalue weighted by Gasteiger charge is 2.34. The number of rotatable bonds is 5. The summed E-state index contributed by atoms with van der Waals surface area (Å²) in [5.41, 5.74) is 3.01. The van der Waals surface area contributed by atoms with Crippen LogP contribution in [0.25, 0.3) is 0 Å². The Morgan fingerprint density at radius 2 is 1.84 bits per heavy atom. The molecule has 166 valence electrons. The predicted molar refractivity (Wildman–Crippen MR) is 116 cm³/mol. The van der Waals surface area contributed by atoms with Crippen molar-refractivity contribution in [1.29, 1.82) is 0 Å². The minimum atomic E-state index is -3.41. The first-order chi connectivity index (χ1) is 14.8. The van der Waals surface area contributed by atoms with E-state index in [1.807, 2.05) is 31.2 Å². The molecule has 9 heteroatoms. The van der Waals surface area contributed by atoms with Gasteiger partial charge in [-0.3, -0.25) is 4.79 Å². The van der Waals surface area contributed by atoms with Crippen LogP contribution in [0.4, 0.5) is 0 Å². The summed E-state index contributed by atoms with van der Waals surface area (Å²) in [5.74, 6) is 0.441. The molecule has 0 saturated carbocycles. The lowest BCUT2D eigenvalue weighted by molar-refractivity contribution is 0.0301. The van der Waals surface area contributed by atoms with Crippen molar-refractivity contribution in [3.05, 3.63) is 58.7 Å². The smallest absolute Gasteiger partial charge is 0.257 e. The van der Waals surface area contributed by atoms with Crippen LogP contribution < -0.4 is 0 Å². The number of aryl methyl sites for hydroxylation is 2. The molecule has 2 saturated heterocycles. The van der Waals surface area contributed by atoms with Gasteiger partial charge in [0.15, 0.2) is 0 Å². The van der Waals surface area contributed by atoms with Crippen molar-refractivity contribution in [2.24, 2.45) is 0 Å². The van der Waals surface area contributed by atoms with Gasteiger partial charge in [0.2, 0.25) is 10.0 Å². The first kappa shape index (κ1) is 21.9. The second-order valence-electron chi connectivity index (χ2n) is 8.22. The maximum Gasteiger partial charge on any atom is 0.257 e. The maximum atomic E-state index is 12.9. The van der Waals surface area contributed by atoms with E-state index >= 15 is 0 Å². The number of benzene rings is 1. The van der Waals surface area contributed by atoms with Crippen LogP contribution in [0, 0.1) is 13.8 Å². The second kappa shape index (κ2) is 9.02. The minimum Gasteiger partial charge on any atom is -0.378 e. The molecule has 3 heterocycles. The van der Waals surface area contributed by atoms with Crippen LogP contribution in [0.5, 0.6) is 0 Å². The quantitative estimate of drug-likeness (QED) is 0.699. The Labute approximate surface area is 183 Å². The van der Waals surface area contributed by atoms with Crippen LogP contribution in [-0.2, 0) is 20.5 Å². The van der Waals surface area contributed by atoms with Crippen LogP contribution in [-0.4, -0.2) is 72.9 Å². The molecular formula is C22H28N4O4S. The molecule has 2 aromatic rings. The van der Waals surface area contributed by atoms with Gasteiger partial charge in [0, 0.05) is 38.3 Å². The lowest BCUT2D eigenvalue weighted by Gasteiger charge is -2.27. The minimum absolute atomic E-state index is 0.00707. The van der Waals surface area contributed by atoms with E-state index in [0.29, 0.717) is 62.9 Å². The highest BCUT2D eigenvalue weighted by atomic mass is 32.2. The molecule has 0 unspecified atom stereocenters. The van der Waals surface area contributed by atoms with Gasteiger partial charge in [0.1, 0.15) is 5.82 Å². The van der Waals surface area contributed by atoms with Crippen molar-refractivity contribution in [3.63, 3.8) is 0 Å². The number of ether oxygens (including phenoxy) is 1. The molecule has 8 nitrogen and oxygen atoms in total. The fourth-order valence-electron chi connectivity index (χ4n) is 4.01. The fraction of sp³-hybridized carbons (Fsp3) is 0.500. The molecule has 1 amide bonds. The number of carbonyl (C=O) groups is 1. The number of aromatic nitrogens is 2. The van der Waals surface area contributed by atoms with Gasteiger partial charge in [-0.2, -0.15) is 0 Å². The van der Waals surface area contributed by atoms with E-state index in [2.05, 4.69) is 9.97 Å². The molecule has 0 radical (unpaired) electrons. The third-order valence-corrected chi connectivity index (χ3v) is 7.72. The Morgan fingerprint density at radius 3 is 2.52 bits per heavy atom. The third-order valence-electron chi connectivity index (χ3n) is 5.91. The Balaban J connectivity index is 1.43. The average molecular weight is 445 g/mol. The Hall–Kier alpha value is -2.36. The Bertz CT molecular complexity index is 1050. The molecule has 2 aliphatic rings. The number of hydrogen-bond acceptors (Lipinski definition) is 6. The van der Waals surface area contributed by atoms with Gasteiger partial charge in [0.25, 0.3) is 5.91 Å². The Kier molecular flexibility index (Phi) is 6.36. The fourth-order valence-corrected chi connectivity index (χ4v) is 5.59. The van der Waals surface area contributed by atoms with Crippen LogP contribution in [0.1, 0.15) is 45.3 Å².